The average molecular weight is 603 g/mol. The number of benzene rings is 4. The molecule has 6 N–H and O–H groups in total. The van der Waals surface area contributed by atoms with Gasteiger partial charge < -0.3 is 26.7 Å². The summed E-state index contributed by atoms with van der Waals surface area (Å²) in [5, 5.41) is 10.6. The number of amides is 3. The number of para-hydroxylation sites is 3. The third-order valence-corrected chi connectivity index (χ3v) is 6.83. The van der Waals surface area contributed by atoms with Gasteiger partial charge in [-0.05, 0) is 59.7 Å². The van der Waals surface area contributed by atoms with Crippen molar-refractivity contribution in [1.82, 2.24) is 15.6 Å². The first kappa shape index (κ1) is 30.2. The molecule has 0 aliphatic rings. The second kappa shape index (κ2) is 14.7. The van der Waals surface area contributed by atoms with Crippen molar-refractivity contribution < 1.29 is 14.4 Å². The lowest BCUT2D eigenvalue weighted by molar-refractivity contribution is -0.125. The fourth-order valence-electron chi connectivity index (χ4n) is 4.18. The van der Waals surface area contributed by atoms with Gasteiger partial charge in [0.25, 0.3) is 5.91 Å². The maximum absolute atomic E-state index is 12.8. The van der Waals surface area contributed by atoms with Crippen LogP contribution in [0.25, 0.3) is 10.9 Å². The minimum Gasteiger partial charge on any atom is -0.397 e. The summed E-state index contributed by atoms with van der Waals surface area (Å²) in [7, 11) is 0. The van der Waals surface area contributed by atoms with E-state index in [-0.39, 0.29) is 18.4 Å². The number of hydrogen-bond donors (Lipinski definition) is 5. The van der Waals surface area contributed by atoms with Crippen LogP contribution in [-0.2, 0) is 22.6 Å². The van der Waals surface area contributed by atoms with E-state index in [1.165, 1.54) is 0 Å². The monoisotopic (exact) mass is 601 g/mol. The SMILES string of the molecule is Clc1cccc(Cl)c1.Nc1ccccc1NC(=O)c1ccc(CNC(=O)C(Cc2c[nH]c3ccccc23)NC=O)cc1. The highest BCUT2D eigenvalue weighted by atomic mass is 35.5. The normalized spacial score (nSPS) is 11.1. The van der Waals surface area contributed by atoms with Crippen molar-refractivity contribution in [3.8, 4) is 0 Å². The maximum Gasteiger partial charge on any atom is 0.255 e. The van der Waals surface area contributed by atoms with E-state index in [0.717, 1.165) is 22.0 Å². The standard InChI is InChI=1S/C26H25N5O3.C6H4Cl2/c27-21-6-2-4-8-23(21)31-25(33)18-11-9-17(10-12-18)14-29-26(34)24(30-16-32)13-19-15-28-22-7-3-1-5-20(19)22;7-5-2-1-3-6(8)4-5/h1-12,15-16,24,28H,13-14,27H2,(H,29,34)(H,30,32)(H,31,33);1-4H. The van der Waals surface area contributed by atoms with Crippen molar-refractivity contribution in [2.24, 2.45) is 0 Å². The van der Waals surface area contributed by atoms with Gasteiger partial charge in [0.1, 0.15) is 6.04 Å². The number of nitrogens with one attached hydrogen (secondary N) is 4. The second-order valence-corrected chi connectivity index (χ2v) is 10.2. The zero-order valence-electron chi connectivity index (χ0n) is 22.4. The molecule has 1 unspecified atom stereocenters. The summed E-state index contributed by atoms with van der Waals surface area (Å²) >= 11 is 11.1. The van der Waals surface area contributed by atoms with Gasteiger partial charge in [-0.3, -0.25) is 14.4 Å². The van der Waals surface area contributed by atoms with Crippen molar-refractivity contribution in [1.29, 1.82) is 0 Å². The number of aromatic nitrogens is 1. The van der Waals surface area contributed by atoms with Crippen molar-refractivity contribution in [3.63, 3.8) is 0 Å². The third kappa shape index (κ3) is 8.36. The zero-order chi connectivity index (χ0) is 29.9. The lowest BCUT2D eigenvalue weighted by Crippen LogP contribution is -2.44. The molecule has 0 aliphatic heterocycles. The van der Waals surface area contributed by atoms with E-state index in [2.05, 4.69) is 20.9 Å². The van der Waals surface area contributed by atoms with Gasteiger partial charge in [-0.2, -0.15) is 0 Å². The number of aromatic amines is 1. The molecule has 0 saturated heterocycles. The first-order valence-corrected chi connectivity index (χ1v) is 13.8. The Kier molecular flexibility index (Phi) is 10.6. The Bertz CT molecular complexity index is 1650. The summed E-state index contributed by atoms with van der Waals surface area (Å²) in [6.45, 7) is 0.261. The van der Waals surface area contributed by atoms with Crippen molar-refractivity contribution in [2.75, 3.05) is 11.1 Å². The van der Waals surface area contributed by atoms with Gasteiger partial charge in [0.2, 0.25) is 12.3 Å². The molecule has 1 aromatic heterocycles. The lowest BCUT2D eigenvalue weighted by atomic mass is 10.0. The highest BCUT2D eigenvalue weighted by Gasteiger charge is 2.19. The maximum atomic E-state index is 12.8. The first-order valence-electron chi connectivity index (χ1n) is 13.0. The minimum absolute atomic E-state index is 0.261. The van der Waals surface area contributed by atoms with Crippen LogP contribution in [0.3, 0.4) is 0 Å². The summed E-state index contributed by atoms with van der Waals surface area (Å²) < 4.78 is 0. The molecule has 0 saturated carbocycles. The number of rotatable bonds is 9. The fraction of sp³-hybridized carbons (Fsp3) is 0.0938. The molecule has 1 atom stereocenters. The van der Waals surface area contributed by atoms with E-state index >= 15 is 0 Å². The number of carbonyl (C=O) groups is 3. The Balaban J connectivity index is 0.000000437. The third-order valence-electron chi connectivity index (χ3n) is 6.36. The molecule has 214 valence electrons. The molecule has 8 nitrogen and oxygen atoms in total. The number of fused-ring (bicyclic) bond motifs is 1. The average Bonchev–Trinajstić information content (AvgIpc) is 3.40. The number of nitrogens with two attached hydrogens (primary N) is 1. The number of hydrogen-bond acceptors (Lipinski definition) is 4. The number of nitrogen functional groups attached to an aromatic ring is 1. The van der Waals surface area contributed by atoms with Crippen LogP contribution in [0, 0.1) is 0 Å². The van der Waals surface area contributed by atoms with Crippen LogP contribution in [0.2, 0.25) is 10.0 Å². The molecule has 42 heavy (non-hydrogen) atoms. The molecule has 0 radical (unpaired) electrons. The quantitative estimate of drug-likeness (QED) is 0.105. The van der Waals surface area contributed by atoms with E-state index in [0.29, 0.717) is 39.8 Å². The smallest absolute Gasteiger partial charge is 0.255 e. The first-order chi connectivity index (χ1) is 20.3. The zero-order valence-corrected chi connectivity index (χ0v) is 24.0. The topological polar surface area (TPSA) is 129 Å². The summed E-state index contributed by atoms with van der Waals surface area (Å²) in [5.41, 5.74) is 10.1. The van der Waals surface area contributed by atoms with Gasteiger partial charge in [0, 0.05) is 45.7 Å². The van der Waals surface area contributed by atoms with Crippen LogP contribution < -0.4 is 21.7 Å². The molecular formula is C32H29Cl2N5O3. The van der Waals surface area contributed by atoms with Crippen molar-refractivity contribution in [3.05, 3.63) is 130 Å². The molecule has 0 aliphatic carbocycles. The van der Waals surface area contributed by atoms with Gasteiger partial charge in [-0.15, -0.1) is 0 Å². The Morgan fingerprint density at radius 1 is 0.881 bits per heavy atom. The predicted molar refractivity (Wildman–Crippen MR) is 169 cm³/mol. The Morgan fingerprint density at radius 2 is 1.57 bits per heavy atom. The van der Waals surface area contributed by atoms with Gasteiger partial charge in [0.05, 0.1) is 11.4 Å². The van der Waals surface area contributed by atoms with Gasteiger partial charge in [-0.1, -0.05) is 71.7 Å². The van der Waals surface area contributed by atoms with Crippen molar-refractivity contribution in [2.45, 2.75) is 19.0 Å². The lowest BCUT2D eigenvalue weighted by Gasteiger charge is -2.16. The molecule has 10 heteroatoms. The summed E-state index contributed by atoms with van der Waals surface area (Å²) in [4.78, 5) is 39.5. The van der Waals surface area contributed by atoms with Crippen LogP contribution in [0.1, 0.15) is 21.5 Å². The molecular weight excluding hydrogens is 573 g/mol. The highest BCUT2D eigenvalue weighted by Crippen LogP contribution is 2.20. The summed E-state index contributed by atoms with van der Waals surface area (Å²) in [6.07, 6.45) is 2.74. The number of anilines is 2. The number of carbonyl (C=O) groups excluding carboxylic acids is 3. The van der Waals surface area contributed by atoms with Gasteiger partial charge in [-0.25, -0.2) is 0 Å². The van der Waals surface area contributed by atoms with Crippen LogP contribution >= 0.6 is 23.2 Å². The molecule has 3 amide bonds. The van der Waals surface area contributed by atoms with E-state index < -0.39 is 6.04 Å². The Morgan fingerprint density at radius 3 is 2.24 bits per heavy atom. The fourth-order valence-corrected chi connectivity index (χ4v) is 4.62. The molecule has 1 heterocycles. The van der Waals surface area contributed by atoms with E-state index in [9.17, 15) is 14.4 Å². The van der Waals surface area contributed by atoms with Gasteiger partial charge >= 0.3 is 0 Å². The van der Waals surface area contributed by atoms with Crippen LogP contribution in [-0.4, -0.2) is 29.3 Å². The second-order valence-electron chi connectivity index (χ2n) is 9.30. The number of halogens is 2. The Hall–Kier alpha value is -4.79. The molecule has 0 bridgehead atoms. The Labute approximate surface area is 253 Å². The van der Waals surface area contributed by atoms with Gasteiger partial charge in [0.15, 0.2) is 0 Å². The summed E-state index contributed by atoms with van der Waals surface area (Å²) in [5.74, 6) is -0.568. The van der Waals surface area contributed by atoms with Crippen LogP contribution in [0.15, 0.2) is 103 Å². The summed E-state index contributed by atoms with van der Waals surface area (Å²) in [6, 6.07) is 28.1. The molecule has 4 aromatic carbocycles. The minimum atomic E-state index is -0.710. The predicted octanol–water partition coefficient (Wildman–Crippen LogP) is 5.97. The van der Waals surface area contributed by atoms with Crippen LogP contribution in [0.5, 0.6) is 0 Å². The number of H-pyrrole nitrogens is 1. The largest absolute Gasteiger partial charge is 0.397 e. The molecule has 5 aromatic rings. The molecule has 0 spiro atoms. The van der Waals surface area contributed by atoms with Crippen molar-refractivity contribution >= 4 is 63.7 Å². The van der Waals surface area contributed by atoms with Crippen LogP contribution in [0.4, 0.5) is 11.4 Å². The van der Waals surface area contributed by atoms with E-state index in [1.54, 1.807) is 66.7 Å². The molecule has 5 rings (SSSR count). The van der Waals surface area contributed by atoms with E-state index in [1.807, 2.05) is 36.5 Å². The van der Waals surface area contributed by atoms with E-state index in [4.69, 9.17) is 28.9 Å². The molecule has 0 fully saturated rings. The highest BCUT2D eigenvalue weighted by molar-refractivity contribution is 6.34.